The van der Waals surface area contributed by atoms with Crippen LogP contribution in [0.3, 0.4) is 0 Å². The molecule has 1 unspecified atom stereocenters. The maximum atomic E-state index is 12.5. The molecule has 3 aromatic rings. The largest absolute Gasteiger partial charge is 0.494 e. The van der Waals surface area contributed by atoms with E-state index in [0.29, 0.717) is 30.2 Å². The van der Waals surface area contributed by atoms with E-state index in [2.05, 4.69) is 15.0 Å². The van der Waals surface area contributed by atoms with Gasteiger partial charge in [0.15, 0.2) is 0 Å². The van der Waals surface area contributed by atoms with E-state index in [1.54, 1.807) is 37.4 Å². The van der Waals surface area contributed by atoms with Crippen molar-refractivity contribution >= 4 is 15.9 Å². The molecule has 1 heterocycles. The summed E-state index contributed by atoms with van der Waals surface area (Å²) in [5.41, 5.74) is 1.17. The van der Waals surface area contributed by atoms with Gasteiger partial charge in [-0.05, 0) is 80.4 Å². The molecule has 8 nitrogen and oxygen atoms in total. The van der Waals surface area contributed by atoms with Crippen LogP contribution in [-0.2, 0) is 16.6 Å². The van der Waals surface area contributed by atoms with Gasteiger partial charge in [0.05, 0.1) is 11.5 Å². The van der Waals surface area contributed by atoms with Crippen LogP contribution in [0.2, 0.25) is 0 Å². The van der Waals surface area contributed by atoms with Crippen LogP contribution in [0.4, 0.5) is 0 Å². The lowest BCUT2D eigenvalue weighted by Crippen LogP contribution is -2.32. The zero-order valence-electron chi connectivity index (χ0n) is 19.4. The van der Waals surface area contributed by atoms with Crippen molar-refractivity contribution in [3.63, 3.8) is 0 Å². The number of carbonyl (C=O) groups excluding carboxylic acids is 1. The summed E-state index contributed by atoms with van der Waals surface area (Å²) < 4.78 is 38.5. The molecule has 0 spiro atoms. The Morgan fingerprint density at radius 3 is 2.32 bits per heavy atom. The molecule has 0 fully saturated rings. The maximum absolute atomic E-state index is 12.5. The van der Waals surface area contributed by atoms with Gasteiger partial charge in [0.1, 0.15) is 11.5 Å². The van der Waals surface area contributed by atoms with Crippen LogP contribution in [0.25, 0.3) is 0 Å². The average Bonchev–Trinajstić information content (AvgIpc) is 2.84. The zero-order valence-corrected chi connectivity index (χ0v) is 20.3. The quantitative estimate of drug-likeness (QED) is 0.422. The fourth-order valence-corrected chi connectivity index (χ4v) is 4.32. The molecule has 1 amide bonds. The first kappa shape index (κ1) is 25.2. The number of nitrogens with zero attached hydrogens (tertiary/aromatic N) is 1. The smallest absolute Gasteiger partial charge is 0.251 e. The SMILES string of the molecule is CCOc1ccc(Oc2cc(CNC(=O)c3ccc(S(=O)(=O)NC(C)CC)cc3)ccn2)cc1. The van der Waals surface area contributed by atoms with Gasteiger partial charge in [0.2, 0.25) is 15.9 Å². The third kappa shape index (κ3) is 7.03. The number of aromatic nitrogens is 1. The fourth-order valence-electron chi connectivity index (χ4n) is 2.99. The summed E-state index contributed by atoms with van der Waals surface area (Å²) in [4.78, 5) is 16.9. The lowest BCUT2D eigenvalue weighted by molar-refractivity contribution is 0.0950. The summed E-state index contributed by atoms with van der Waals surface area (Å²) >= 11 is 0. The van der Waals surface area contributed by atoms with Crippen molar-refractivity contribution < 1.29 is 22.7 Å². The Hall–Kier alpha value is -3.43. The predicted octanol–water partition coefficient (Wildman–Crippen LogP) is 4.28. The minimum atomic E-state index is -3.61. The molecule has 0 aliphatic carbocycles. The maximum Gasteiger partial charge on any atom is 0.251 e. The summed E-state index contributed by atoms with van der Waals surface area (Å²) in [6, 6.07) is 16.4. The average molecular weight is 484 g/mol. The standard InChI is InChI=1S/C25H29N3O5S/c1-4-18(3)28-34(30,31)23-12-6-20(7-13-23)25(29)27-17-19-14-15-26-24(16-19)33-22-10-8-21(9-11-22)32-5-2/h6-16,18,28H,4-5,17H2,1-3H3,(H,27,29). The highest BCUT2D eigenvalue weighted by Crippen LogP contribution is 2.23. The highest BCUT2D eigenvalue weighted by molar-refractivity contribution is 7.89. The van der Waals surface area contributed by atoms with Crippen LogP contribution in [0.1, 0.15) is 43.1 Å². The number of pyridine rings is 1. The van der Waals surface area contributed by atoms with Crippen LogP contribution in [0.15, 0.2) is 71.8 Å². The first-order valence-electron chi connectivity index (χ1n) is 11.1. The monoisotopic (exact) mass is 483 g/mol. The Labute approximate surface area is 200 Å². The Bertz CT molecular complexity index is 1200. The number of ether oxygens (including phenoxy) is 2. The van der Waals surface area contributed by atoms with E-state index in [0.717, 1.165) is 11.3 Å². The number of carbonyl (C=O) groups is 1. The summed E-state index contributed by atoms with van der Waals surface area (Å²) in [5.74, 6) is 1.47. The van der Waals surface area contributed by atoms with Gasteiger partial charge in [0.25, 0.3) is 5.91 Å². The van der Waals surface area contributed by atoms with Crippen molar-refractivity contribution in [3.05, 3.63) is 78.0 Å². The van der Waals surface area contributed by atoms with Gasteiger partial charge in [0, 0.05) is 30.4 Å². The topological polar surface area (TPSA) is 107 Å². The van der Waals surface area contributed by atoms with E-state index >= 15 is 0 Å². The Morgan fingerprint density at radius 2 is 1.68 bits per heavy atom. The highest BCUT2D eigenvalue weighted by atomic mass is 32.2. The molecular formula is C25H29N3O5S. The number of amides is 1. The summed E-state index contributed by atoms with van der Waals surface area (Å²) in [6.07, 6.45) is 2.29. The van der Waals surface area contributed by atoms with Crippen molar-refractivity contribution in [1.29, 1.82) is 0 Å². The van der Waals surface area contributed by atoms with E-state index in [-0.39, 0.29) is 23.4 Å². The van der Waals surface area contributed by atoms with E-state index in [9.17, 15) is 13.2 Å². The summed E-state index contributed by atoms with van der Waals surface area (Å²) in [6.45, 7) is 6.47. The third-order valence-electron chi connectivity index (χ3n) is 5.00. The minimum Gasteiger partial charge on any atom is -0.494 e. The number of rotatable bonds is 11. The molecule has 2 aromatic carbocycles. The van der Waals surface area contributed by atoms with Crippen molar-refractivity contribution in [2.45, 2.75) is 44.7 Å². The van der Waals surface area contributed by atoms with Crippen LogP contribution in [-0.4, -0.2) is 32.0 Å². The molecule has 0 aliphatic rings. The molecule has 34 heavy (non-hydrogen) atoms. The molecule has 0 bridgehead atoms. The lowest BCUT2D eigenvalue weighted by atomic mass is 10.2. The second kappa shape index (κ2) is 11.6. The van der Waals surface area contributed by atoms with Gasteiger partial charge in [-0.2, -0.15) is 0 Å². The highest BCUT2D eigenvalue weighted by Gasteiger charge is 2.17. The molecule has 0 aliphatic heterocycles. The zero-order chi connectivity index (χ0) is 24.6. The van der Waals surface area contributed by atoms with Crippen molar-refractivity contribution in [1.82, 2.24) is 15.0 Å². The minimum absolute atomic E-state index is 0.120. The van der Waals surface area contributed by atoms with Crippen LogP contribution >= 0.6 is 0 Å². The molecule has 0 saturated carbocycles. The molecule has 3 rings (SSSR count). The Balaban J connectivity index is 1.58. The van der Waals surface area contributed by atoms with Crippen LogP contribution in [0, 0.1) is 0 Å². The van der Waals surface area contributed by atoms with E-state index in [1.807, 2.05) is 26.0 Å². The molecule has 1 atom stereocenters. The molecule has 9 heteroatoms. The fraction of sp³-hybridized carbons (Fsp3) is 0.280. The molecule has 2 N–H and O–H groups in total. The van der Waals surface area contributed by atoms with Gasteiger partial charge in [-0.25, -0.2) is 18.1 Å². The molecule has 1 aromatic heterocycles. The van der Waals surface area contributed by atoms with Gasteiger partial charge < -0.3 is 14.8 Å². The Morgan fingerprint density at radius 1 is 1.00 bits per heavy atom. The Kier molecular flexibility index (Phi) is 8.61. The van der Waals surface area contributed by atoms with Gasteiger partial charge in [-0.3, -0.25) is 4.79 Å². The van der Waals surface area contributed by atoms with Crippen molar-refractivity contribution in [2.24, 2.45) is 0 Å². The van der Waals surface area contributed by atoms with Gasteiger partial charge >= 0.3 is 0 Å². The number of hydrogen-bond acceptors (Lipinski definition) is 6. The van der Waals surface area contributed by atoms with Gasteiger partial charge in [-0.1, -0.05) is 6.92 Å². The first-order chi connectivity index (χ1) is 16.3. The first-order valence-corrected chi connectivity index (χ1v) is 12.5. The molecule has 0 radical (unpaired) electrons. The number of hydrogen-bond donors (Lipinski definition) is 2. The molecule has 180 valence electrons. The third-order valence-corrected chi connectivity index (χ3v) is 6.61. The summed E-state index contributed by atoms with van der Waals surface area (Å²) in [5, 5.41) is 2.82. The van der Waals surface area contributed by atoms with Crippen LogP contribution in [0.5, 0.6) is 17.4 Å². The van der Waals surface area contributed by atoms with Crippen molar-refractivity contribution in [3.8, 4) is 17.4 Å². The second-order valence-corrected chi connectivity index (χ2v) is 9.36. The second-order valence-electron chi connectivity index (χ2n) is 7.65. The number of nitrogens with one attached hydrogen (secondary N) is 2. The number of benzene rings is 2. The number of sulfonamides is 1. The molecule has 0 saturated heterocycles. The van der Waals surface area contributed by atoms with Crippen molar-refractivity contribution in [2.75, 3.05) is 6.61 Å². The molecular weight excluding hydrogens is 454 g/mol. The van der Waals surface area contributed by atoms with Gasteiger partial charge in [-0.15, -0.1) is 0 Å². The normalized spacial score (nSPS) is 12.1. The predicted molar refractivity (Wildman–Crippen MR) is 130 cm³/mol. The van der Waals surface area contributed by atoms with E-state index < -0.39 is 10.0 Å². The van der Waals surface area contributed by atoms with E-state index in [4.69, 9.17) is 9.47 Å². The van der Waals surface area contributed by atoms with E-state index in [1.165, 1.54) is 24.3 Å². The summed E-state index contributed by atoms with van der Waals surface area (Å²) in [7, 11) is -3.61. The lowest BCUT2D eigenvalue weighted by Gasteiger charge is -2.12. The van der Waals surface area contributed by atoms with Crippen LogP contribution < -0.4 is 19.5 Å².